The van der Waals surface area contributed by atoms with Gasteiger partial charge in [0.25, 0.3) is 5.91 Å². The standard InChI is InChI=1S/C34H41NO7S/c1-4-41-22-32(27-15-14-25-10-6-7-11-26(25)20-27)42-21-24-13-16-29(30(19-24)28-12-8-5-9-23(28)2)33(36)35-31(34(37)38)17-18-43(3,39)40/h5,8-9,12-16,19-20,31-32H,4,6-7,10-11,17-18,21-22H2,1-3H3,(H,35,36)(H,37,38)/t31-,32+/m0/s1. The number of amides is 1. The summed E-state index contributed by atoms with van der Waals surface area (Å²) in [5.41, 5.74) is 7.43. The summed E-state index contributed by atoms with van der Waals surface area (Å²) in [6, 6.07) is 18.2. The number of carboxylic acid groups (broad SMARTS) is 1. The molecular weight excluding hydrogens is 566 g/mol. The number of nitrogens with one attached hydrogen (secondary N) is 1. The predicted octanol–water partition coefficient (Wildman–Crippen LogP) is 5.45. The highest BCUT2D eigenvalue weighted by Crippen LogP contribution is 2.31. The lowest BCUT2D eigenvalue weighted by atomic mass is 9.89. The normalized spacial score (nSPS) is 14.5. The molecule has 9 heteroatoms. The van der Waals surface area contributed by atoms with E-state index in [1.165, 1.54) is 24.0 Å². The number of rotatable bonds is 14. The molecule has 0 unspecified atom stereocenters. The number of carboxylic acids is 1. The molecule has 2 N–H and O–H groups in total. The van der Waals surface area contributed by atoms with E-state index in [4.69, 9.17) is 9.47 Å². The molecule has 43 heavy (non-hydrogen) atoms. The highest BCUT2D eigenvalue weighted by atomic mass is 32.2. The maximum atomic E-state index is 13.4. The predicted molar refractivity (Wildman–Crippen MR) is 167 cm³/mol. The van der Waals surface area contributed by atoms with Crippen LogP contribution in [0.1, 0.15) is 70.5 Å². The van der Waals surface area contributed by atoms with Crippen LogP contribution in [0.25, 0.3) is 11.1 Å². The molecule has 0 bridgehead atoms. The molecule has 4 rings (SSSR count). The summed E-state index contributed by atoms with van der Waals surface area (Å²) in [5, 5.41) is 12.2. The highest BCUT2D eigenvalue weighted by Gasteiger charge is 2.25. The smallest absolute Gasteiger partial charge is 0.326 e. The van der Waals surface area contributed by atoms with Crippen LogP contribution in [0.2, 0.25) is 0 Å². The first-order chi connectivity index (χ1) is 20.6. The van der Waals surface area contributed by atoms with E-state index in [2.05, 4.69) is 23.5 Å². The molecule has 230 valence electrons. The molecule has 0 radical (unpaired) electrons. The number of aliphatic carboxylic acids is 1. The lowest BCUT2D eigenvalue weighted by Gasteiger charge is -2.22. The van der Waals surface area contributed by atoms with E-state index in [9.17, 15) is 23.1 Å². The monoisotopic (exact) mass is 607 g/mol. The second-order valence-electron chi connectivity index (χ2n) is 11.2. The zero-order chi connectivity index (χ0) is 31.0. The summed E-state index contributed by atoms with van der Waals surface area (Å²) in [5.74, 6) is -2.23. The molecule has 0 fully saturated rings. The Morgan fingerprint density at radius 1 is 0.977 bits per heavy atom. The minimum Gasteiger partial charge on any atom is -0.480 e. The Bertz CT molecular complexity index is 1550. The number of ether oxygens (including phenoxy) is 2. The van der Waals surface area contributed by atoms with Crippen molar-refractivity contribution in [3.05, 3.63) is 94.0 Å². The van der Waals surface area contributed by atoms with Gasteiger partial charge in [-0.2, -0.15) is 0 Å². The Hall–Kier alpha value is -3.53. The fourth-order valence-electron chi connectivity index (χ4n) is 5.42. The van der Waals surface area contributed by atoms with Crippen molar-refractivity contribution in [2.45, 2.75) is 64.7 Å². The van der Waals surface area contributed by atoms with Crippen LogP contribution in [0.15, 0.2) is 60.7 Å². The van der Waals surface area contributed by atoms with Crippen LogP contribution in [0.4, 0.5) is 0 Å². The Balaban J connectivity index is 1.60. The first-order valence-electron chi connectivity index (χ1n) is 14.8. The Labute approximate surface area is 254 Å². The van der Waals surface area contributed by atoms with Gasteiger partial charge in [0.05, 0.1) is 19.0 Å². The third-order valence-corrected chi connectivity index (χ3v) is 8.79. The van der Waals surface area contributed by atoms with Crippen molar-refractivity contribution >= 4 is 21.7 Å². The number of carbonyl (C=O) groups is 2. The Kier molecular flexibility index (Phi) is 11.1. The SMILES string of the molecule is CCOC[C@@H](OCc1ccc(C(=O)N[C@@H](CCS(C)(=O)=O)C(=O)O)c(-c2ccccc2C)c1)c1ccc2c(c1)CCCC2. The second-order valence-corrected chi connectivity index (χ2v) is 13.4. The second kappa shape index (κ2) is 14.8. The molecule has 0 aliphatic heterocycles. The quantitative estimate of drug-likeness (QED) is 0.250. The maximum absolute atomic E-state index is 13.4. The van der Waals surface area contributed by atoms with E-state index in [1.807, 2.05) is 44.2 Å². The van der Waals surface area contributed by atoms with Crippen molar-refractivity contribution in [1.29, 1.82) is 0 Å². The average molecular weight is 608 g/mol. The third kappa shape index (κ3) is 8.98. The van der Waals surface area contributed by atoms with Gasteiger partial charge in [-0.15, -0.1) is 0 Å². The molecule has 8 nitrogen and oxygen atoms in total. The molecular formula is C34H41NO7S. The molecule has 1 aliphatic carbocycles. The molecule has 0 spiro atoms. The molecule has 3 aromatic rings. The van der Waals surface area contributed by atoms with Gasteiger partial charge in [0.15, 0.2) is 0 Å². The van der Waals surface area contributed by atoms with Crippen LogP contribution >= 0.6 is 0 Å². The summed E-state index contributed by atoms with van der Waals surface area (Å²) in [4.78, 5) is 25.2. The number of fused-ring (bicyclic) bond motifs is 1. The van der Waals surface area contributed by atoms with Gasteiger partial charge >= 0.3 is 5.97 Å². The fourth-order valence-corrected chi connectivity index (χ4v) is 6.08. The van der Waals surface area contributed by atoms with Crippen LogP contribution in [-0.4, -0.2) is 56.7 Å². The van der Waals surface area contributed by atoms with Gasteiger partial charge in [-0.25, -0.2) is 13.2 Å². The van der Waals surface area contributed by atoms with E-state index >= 15 is 0 Å². The highest BCUT2D eigenvalue weighted by molar-refractivity contribution is 7.90. The van der Waals surface area contributed by atoms with E-state index in [-0.39, 0.29) is 24.9 Å². The number of benzene rings is 3. The number of carbonyl (C=O) groups excluding carboxylic acids is 1. The number of aryl methyl sites for hydroxylation is 3. The topological polar surface area (TPSA) is 119 Å². The van der Waals surface area contributed by atoms with E-state index in [0.29, 0.717) is 24.3 Å². The van der Waals surface area contributed by atoms with Gasteiger partial charge in [0, 0.05) is 18.4 Å². The lowest BCUT2D eigenvalue weighted by molar-refractivity contribution is -0.139. The van der Waals surface area contributed by atoms with Crippen molar-refractivity contribution in [3.63, 3.8) is 0 Å². The molecule has 1 aliphatic rings. The Morgan fingerprint density at radius 2 is 1.72 bits per heavy atom. The van der Waals surface area contributed by atoms with Crippen LogP contribution in [-0.2, 0) is 43.6 Å². The molecule has 1 amide bonds. The fraction of sp³-hybridized carbons (Fsp3) is 0.412. The van der Waals surface area contributed by atoms with Crippen molar-refractivity contribution in [1.82, 2.24) is 5.32 Å². The van der Waals surface area contributed by atoms with Gasteiger partial charge < -0.3 is 19.9 Å². The molecule has 3 aromatic carbocycles. The van der Waals surface area contributed by atoms with Crippen LogP contribution in [0.3, 0.4) is 0 Å². The first kappa shape index (κ1) is 32.4. The number of hydrogen-bond donors (Lipinski definition) is 2. The first-order valence-corrected chi connectivity index (χ1v) is 16.8. The molecule has 0 heterocycles. The van der Waals surface area contributed by atoms with Crippen molar-refractivity contribution in [3.8, 4) is 11.1 Å². The summed E-state index contributed by atoms with van der Waals surface area (Å²) >= 11 is 0. The number of sulfone groups is 1. The van der Waals surface area contributed by atoms with Gasteiger partial charge in [-0.1, -0.05) is 48.5 Å². The third-order valence-electron chi connectivity index (χ3n) is 7.81. The molecule has 0 saturated heterocycles. The van der Waals surface area contributed by atoms with Crippen LogP contribution in [0, 0.1) is 6.92 Å². The van der Waals surface area contributed by atoms with Crippen molar-refractivity contribution in [2.75, 3.05) is 25.2 Å². The van der Waals surface area contributed by atoms with Gasteiger partial charge in [-0.3, -0.25) is 4.79 Å². The molecule has 0 saturated carbocycles. The summed E-state index contributed by atoms with van der Waals surface area (Å²) in [6.45, 7) is 5.18. The van der Waals surface area contributed by atoms with Crippen LogP contribution in [0.5, 0.6) is 0 Å². The minimum absolute atomic E-state index is 0.227. The van der Waals surface area contributed by atoms with Gasteiger partial charge in [0.2, 0.25) is 0 Å². The van der Waals surface area contributed by atoms with E-state index in [0.717, 1.165) is 41.4 Å². The van der Waals surface area contributed by atoms with Gasteiger partial charge in [0.1, 0.15) is 22.0 Å². The van der Waals surface area contributed by atoms with Crippen molar-refractivity contribution in [2.24, 2.45) is 0 Å². The summed E-state index contributed by atoms with van der Waals surface area (Å²) < 4.78 is 35.5. The summed E-state index contributed by atoms with van der Waals surface area (Å²) in [7, 11) is -3.40. The zero-order valence-electron chi connectivity index (χ0n) is 25.1. The lowest BCUT2D eigenvalue weighted by Crippen LogP contribution is -2.42. The average Bonchev–Trinajstić information content (AvgIpc) is 2.98. The van der Waals surface area contributed by atoms with Gasteiger partial charge in [-0.05, 0) is 97.0 Å². The minimum atomic E-state index is -3.40. The molecule has 0 aromatic heterocycles. The van der Waals surface area contributed by atoms with E-state index < -0.39 is 27.8 Å². The van der Waals surface area contributed by atoms with E-state index in [1.54, 1.807) is 12.1 Å². The molecule has 2 atom stereocenters. The van der Waals surface area contributed by atoms with Crippen molar-refractivity contribution < 1.29 is 32.6 Å². The summed E-state index contributed by atoms with van der Waals surface area (Å²) in [6.07, 6.45) is 5.15. The number of hydrogen-bond acceptors (Lipinski definition) is 6. The zero-order valence-corrected chi connectivity index (χ0v) is 25.9. The van der Waals surface area contributed by atoms with Crippen LogP contribution < -0.4 is 5.32 Å². The Morgan fingerprint density at radius 3 is 2.42 bits per heavy atom. The maximum Gasteiger partial charge on any atom is 0.326 e. The largest absolute Gasteiger partial charge is 0.480 e.